The van der Waals surface area contributed by atoms with Crippen molar-refractivity contribution in [2.45, 2.75) is 33.6 Å². The summed E-state index contributed by atoms with van der Waals surface area (Å²) in [4.78, 5) is 15.4. The normalized spacial score (nSPS) is 14.3. The van der Waals surface area contributed by atoms with Crippen molar-refractivity contribution < 1.29 is 14.3 Å². The highest BCUT2D eigenvalue weighted by Gasteiger charge is 2.20. The van der Waals surface area contributed by atoms with Gasteiger partial charge in [0.1, 0.15) is 4.99 Å². The number of hydrogen-bond donors (Lipinski definition) is 1. The molecule has 5 nitrogen and oxygen atoms in total. The second kappa shape index (κ2) is 10.4. The van der Waals surface area contributed by atoms with Gasteiger partial charge in [0, 0.05) is 24.3 Å². The number of aryl methyl sites for hydroxylation is 1. The summed E-state index contributed by atoms with van der Waals surface area (Å²) < 4.78 is 11.5. The smallest absolute Gasteiger partial charge is 0.262 e. The van der Waals surface area contributed by atoms with Crippen LogP contribution in [0.5, 0.6) is 11.5 Å². The van der Waals surface area contributed by atoms with Crippen molar-refractivity contribution in [2.75, 3.05) is 31.6 Å². The average molecular weight is 427 g/mol. The molecule has 0 spiro atoms. The first kappa shape index (κ1) is 22.1. The number of carbonyl (C=O) groups is 1. The number of thiocarbonyl (C=S) groups is 1. The molecule has 1 amide bonds. The van der Waals surface area contributed by atoms with E-state index in [1.807, 2.05) is 56.3 Å². The zero-order valence-corrected chi connectivity index (χ0v) is 18.8. The quantitative estimate of drug-likeness (QED) is 0.644. The molecule has 0 saturated carbocycles. The molecule has 30 heavy (non-hydrogen) atoms. The van der Waals surface area contributed by atoms with E-state index < -0.39 is 0 Å². The van der Waals surface area contributed by atoms with Crippen LogP contribution in [0.25, 0.3) is 0 Å². The lowest BCUT2D eigenvalue weighted by atomic mass is 9.99. The summed E-state index contributed by atoms with van der Waals surface area (Å²) in [6, 6.07) is 13.3. The van der Waals surface area contributed by atoms with Gasteiger partial charge in [0.2, 0.25) is 0 Å². The van der Waals surface area contributed by atoms with E-state index in [1.54, 1.807) is 0 Å². The Morgan fingerprint density at radius 2 is 1.87 bits per heavy atom. The van der Waals surface area contributed by atoms with Gasteiger partial charge in [-0.2, -0.15) is 0 Å². The van der Waals surface area contributed by atoms with Gasteiger partial charge in [-0.3, -0.25) is 4.79 Å². The fraction of sp³-hybridized carbons (Fsp3) is 0.417. The van der Waals surface area contributed by atoms with Crippen molar-refractivity contribution in [3.8, 4) is 11.5 Å². The maximum atomic E-state index is 12.3. The molecule has 6 heteroatoms. The third-order valence-corrected chi connectivity index (χ3v) is 5.83. The molecule has 1 N–H and O–H groups in total. The second-order valence-electron chi connectivity index (χ2n) is 7.72. The number of nitrogens with one attached hydrogen (secondary N) is 1. The van der Waals surface area contributed by atoms with Crippen LogP contribution in [0.1, 0.15) is 37.8 Å². The van der Waals surface area contributed by atoms with Crippen LogP contribution in [-0.4, -0.2) is 42.1 Å². The summed E-state index contributed by atoms with van der Waals surface area (Å²) in [5.41, 5.74) is 2.73. The maximum absolute atomic E-state index is 12.3. The summed E-state index contributed by atoms with van der Waals surface area (Å²) >= 11 is 5.72. The van der Waals surface area contributed by atoms with Crippen LogP contribution in [0.2, 0.25) is 0 Å². The highest BCUT2D eigenvalue weighted by atomic mass is 32.1. The van der Waals surface area contributed by atoms with Crippen LogP contribution < -0.4 is 14.8 Å². The Morgan fingerprint density at radius 1 is 1.13 bits per heavy atom. The SMILES string of the molecule is CCOc1cc(C(=S)N2CCC(C)CC2)ccc1OCC(=O)Nc1ccccc1C. The van der Waals surface area contributed by atoms with Gasteiger partial charge in [-0.05, 0) is 62.4 Å². The summed E-state index contributed by atoms with van der Waals surface area (Å²) in [5.74, 6) is 1.68. The van der Waals surface area contributed by atoms with Crippen molar-refractivity contribution in [3.63, 3.8) is 0 Å². The number of hydrogen-bond acceptors (Lipinski definition) is 4. The first-order valence-corrected chi connectivity index (χ1v) is 10.9. The van der Waals surface area contributed by atoms with E-state index in [0.29, 0.717) is 18.1 Å². The lowest BCUT2D eigenvalue weighted by molar-refractivity contribution is -0.118. The first-order valence-electron chi connectivity index (χ1n) is 10.5. The number of benzene rings is 2. The molecule has 0 atom stereocenters. The van der Waals surface area contributed by atoms with Gasteiger partial charge in [-0.1, -0.05) is 37.3 Å². The molecule has 3 rings (SSSR count). The van der Waals surface area contributed by atoms with Crippen LogP contribution in [0.4, 0.5) is 5.69 Å². The Labute approximate surface area is 184 Å². The lowest BCUT2D eigenvalue weighted by Gasteiger charge is -2.32. The number of nitrogens with zero attached hydrogens (tertiary/aromatic N) is 1. The molecule has 1 heterocycles. The number of anilines is 1. The minimum Gasteiger partial charge on any atom is -0.490 e. The zero-order valence-electron chi connectivity index (χ0n) is 17.9. The van der Waals surface area contributed by atoms with Crippen LogP contribution in [0, 0.1) is 12.8 Å². The minimum absolute atomic E-state index is 0.0950. The van der Waals surface area contributed by atoms with E-state index in [0.717, 1.165) is 53.7 Å². The predicted octanol–water partition coefficient (Wildman–Crippen LogP) is 4.82. The maximum Gasteiger partial charge on any atom is 0.262 e. The molecule has 160 valence electrons. The van der Waals surface area contributed by atoms with E-state index in [4.69, 9.17) is 21.7 Å². The molecule has 0 aromatic heterocycles. The monoisotopic (exact) mass is 426 g/mol. The van der Waals surface area contributed by atoms with E-state index >= 15 is 0 Å². The molecule has 2 aromatic carbocycles. The van der Waals surface area contributed by atoms with Crippen LogP contribution in [0.15, 0.2) is 42.5 Å². The van der Waals surface area contributed by atoms with Gasteiger partial charge in [0.05, 0.1) is 6.61 Å². The fourth-order valence-corrected chi connectivity index (χ4v) is 3.78. The summed E-state index contributed by atoms with van der Waals surface area (Å²) in [5, 5.41) is 2.88. The van der Waals surface area contributed by atoms with E-state index in [1.165, 1.54) is 0 Å². The summed E-state index contributed by atoms with van der Waals surface area (Å²) in [6.45, 7) is 8.54. The predicted molar refractivity (Wildman–Crippen MR) is 125 cm³/mol. The number of carbonyl (C=O) groups excluding carboxylic acids is 1. The topological polar surface area (TPSA) is 50.8 Å². The molecule has 1 aliphatic rings. The Kier molecular flexibility index (Phi) is 7.69. The molecule has 0 aliphatic carbocycles. The van der Waals surface area contributed by atoms with Crippen molar-refractivity contribution in [3.05, 3.63) is 53.6 Å². The molecular weight excluding hydrogens is 396 g/mol. The van der Waals surface area contributed by atoms with Gasteiger partial charge in [-0.15, -0.1) is 0 Å². The van der Waals surface area contributed by atoms with Crippen molar-refractivity contribution in [1.29, 1.82) is 0 Å². The van der Waals surface area contributed by atoms with Gasteiger partial charge >= 0.3 is 0 Å². The second-order valence-corrected chi connectivity index (χ2v) is 8.11. The van der Waals surface area contributed by atoms with Crippen LogP contribution in [-0.2, 0) is 4.79 Å². The largest absolute Gasteiger partial charge is 0.490 e. The Balaban J connectivity index is 1.65. The summed E-state index contributed by atoms with van der Waals surface area (Å²) in [7, 11) is 0. The Morgan fingerprint density at radius 3 is 2.57 bits per heavy atom. The van der Waals surface area contributed by atoms with E-state index in [9.17, 15) is 4.79 Å². The number of rotatable bonds is 7. The highest BCUT2D eigenvalue weighted by Crippen LogP contribution is 2.30. The molecule has 1 fully saturated rings. The van der Waals surface area contributed by atoms with Gasteiger partial charge in [-0.25, -0.2) is 0 Å². The molecule has 0 radical (unpaired) electrons. The minimum atomic E-state index is -0.214. The van der Waals surface area contributed by atoms with Crippen molar-refractivity contribution >= 4 is 28.8 Å². The first-order chi connectivity index (χ1) is 14.5. The molecule has 1 aliphatic heterocycles. The Bertz CT molecular complexity index is 892. The lowest BCUT2D eigenvalue weighted by Crippen LogP contribution is -2.37. The van der Waals surface area contributed by atoms with Gasteiger partial charge in [0.25, 0.3) is 5.91 Å². The molecule has 0 bridgehead atoms. The molecule has 1 saturated heterocycles. The third kappa shape index (κ3) is 5.72. The summed E-state index contributed by atoms with van der Waals surface area (Å²) in [6.07, 6.45) is 2.32. The number of piperidine rings is 1. The Hall–Kier alpha value is -2.60. The van der Waals surface area contributed by atoms with Crippen molar-refractivity contribution in [2.24, 2.45) is 5.92 Å². The number of likely N-dealkylation sites (tertiary alicyclic amines) is 1. The average Bonchev–Trinajstić information content (AvgIpc) is 2.75. The van der Waals surface area contributed by atoms with Crippen molar-refractivity contribution in [1.82, 2.24) is 4.90 Å². The van der Waals surface area contributed by atoms with Gasteiger partial charge < -0.3 is 19.7 Å². The fourth-order valence-electron chi connectivity index (χ4n) is 3.47. The third-order valence-electron chi connectivity index (χ3n) is 5.34. The van der Waals surface area contributed by atoms with Crippen LogP contribution in [0.3, 0.4) is 0 Å². The van der Waals surface area contributed by atoms with E-state index in [-0.39, 0.29) is 12.5 Å². The zero-order chi connectivity index (χ0) is 21.5. The molecule has 0 unspecified atom stereocenters. The standard InChI is InChI=1S/C24H30N2O3S/c1-4-28-22-15-19(24(30)26-13-11-17(2)12-14-26)9-10-21(22)29-16-23(27)25-20-8-6-5-7-18(20)3/h5-10,15,17H,4,11-14,16H2,1-3H3,(H,25,27). The molecular formula is C24H30N2O3S. The van der Waals surface area contributed by atoms with E-state index in [2.05, 4.69) is 17.1 Å². The molecule has 2 aromatic rings. The highest BCUT2D eigenvalue weighted by molar-refractivity contribution is 7.80. The van der Waals surface area contributed by atoms with Crippen LogP contribution >= 0.6 is 12.2 Å². The number of amides is 1. The number of ether oxygens (including phenoxy) is 2. The van der Waals surface area contributed by atoms with Gasteiger partial charge in [0.15, 0.2) is 18.1 Å². The number of para-hydroxylation sites is 1.